The van der Waals surface area contributed by atoms with E-state index in [1.54, 1.807) is 12.1 Å². The molecule has 0 bridgehead atoms. The molecule has 116 valence electrons. The van der Waals surface area contributed by atoms with Gasteiger partial charge in [-0.25, -0.2) is 0 Å². The third-order valence-electron chi connectivity index (χ3n) is 3.68. The van der Waals surface area contributed by atoms with Gasteiger partial charge in [0.15, 0.2) is 0 Å². The van der Waals surface area contributed by atoms with Crippen LogP contribution in [-0.4, -0.2) is 18.6 Å². The van der Waals surface area contributed by atoms with Crippen molar-refractivity contribution in [2.75, 3.05) is 0 Å². The average Bonchev–Trinajstić information content (AvgIpc) is 2.44. The van der Waals surface area contributed by atoms with E-state index in [4.69, 9.17) is 5.73 Å². The van der Waals surface area contributed by atoms with Crippen molar-refractivity contribution in [1.82, 2.24) is 5.32 Å². The predicted octanol–water partition coefficient (Wildman–Crippen LogP) is 2.42. The maximum absolute atomic E-state index is 12.1. The monoisotopic (exact) mass is 298 g/mol. The maximum atomic E-state index is 12.1. The minimum atomic E-state index is -2.85. The van der Waals surface area contributed by atoms with E-state index in [1.165, 1.54) is 12.1 Å². The first kappa shape index (κ1) is 15.7. The number of ether oxygens (including phenoxy) is 1. The van der Waals surface area contributed by atoms with Gasteiger partial charge in [-0.05, 0) is 37.0 Å². The molecule has 0 radical (unpaired) electrons. The van der Waals surface area contributed by atoms with Crippen LogP contribution >= 0.6 is 0 Å². The van der Waals surface area contributed by atoms with Gasteiger partial charge in [0.05, 0.1) is 0 Å². The molecule has 2 rings (SSSR count). The Morgan fingerprint density at radius 1 is 1.43 bits per heavy atom. The van der Waals surface area contributed by atoms with Crippen LogP contribution in [-0.2, 0) is 11.3 Å². The standard InChI is InChI=1S/C15H20F2N2O2/c16-15(17)21-13-6-1-3-10(7-13)9-19-14(20)11-4-2-5-12(18)8-11/h1,3,6-7,11-12,15H,2,4-5,8-9,18H2,(H,19,20). The van der Waals surface area contributed by atoms with E-state index in [9.17, 15) is 13.6 Å². The number of hydrogen-bond acceptors (Lipinski definition) is 3. The van der Waals surface area contributed by atoms with Crippen LogP contribution < -0.4 is 15.8 Å². The first-order chi connectivity index (χ1) is 10.0. The molecule has 2 atom stereocenters. The number of halogens is 2. The lowest BCUT2D eigenvalue weighted by molar-refractivity contribution is -0.126. The molecule has 1 fully saturated rings. The molecule has 0 aliphatic heterocycles. The quantitative estimate of drug-likeness (QED) is 0.877. The van der Waals surface area contributed by atoms with Crippen molar-refractivity contribution in [2.45, 2.75) is 44.9 Å². The van der Waals surface area contributed by atoms with Crippen LogP contribution in [0.25, 0.3) is 0 Å². The van der Waals surface area contributed by atoms with E-state index in [1.807, 2.05) is 0 Å². The SMILES string of the molecule is NC1CCCC(C(=O)NCc2cccc(OC(F)F)c2)C1. The highest BCUT2D eigenvalue weighted by Crippen LogP contribution is 2.23. The summed E-state index contributed by atoms with van der Waals surface area (Å²) in [5.74, 6) is 0.0241. The van der Waals surface area contributed by atoms with Gasteiger partial charge in [0, 0.05) is 18.5 Å². The number of hydrogen-bond donors (Lipinski definition) is 2. The summed E-state index contributed by atoms with van der Waals surface area (Å²) in [7, 11) is 0. The normalized spacial score (nSPS) is 22.1. The van der Waals surface area contributed by atoms with Crippen molar-refractivity contribution in [3.63, 3.8) is 0 Å². The molecule has 21 heavy (non-hydrogen) atoms. The molecule has 0 heterocycles. The minimum absolute atomic E-state index is 0.0228. The van der Waals surface area contributed by atoms with E-state index in [2.05, 4.69) is 10.1 Å². The van der Waals surface area contributed by atoms with Crippen molar-refractivity contribution in [2.24, 2.45) is 11.7 Å². The van der Waals surface area contributed by atoms with Crippen LogP contribution in [0.15, 0.2) is 24.3 Å². The Kier molecular flexibility index (Phi) is 5.50. The van der Waals surface area contributed by atoms with Crippen LogP contribution in [0.5, 0.6) is 5.75 Å². The van der Waals surface area contributed by atoms with Crippen molar-refractivity contribution in [1.29, 1.82) is 0 Å². The average molecular weight is 298 g/mol. The molecule has 6 heteroatoms. The number of nitrogens with one attached hydrogen (secondary N) is 1. The molecule has 0 spiro atoms. The second-order valence-electron chi connectivity index (χ2n) is 5.37. The van der Waals surface area contributed by atoms with Gasteiger partial charge >= 0.3 is 6.61 Å². The summed E-state index contributed by atoms with van der Waals surface area (Å²) in [5, 5.41) is 2.83. The highest BCUT2D eigenvalue weighted by molar-refractivity contribution is 5.78. The van der Waals surface area contributed by atoms with Gasteiger partial charge in [-0.3, -0.25) is 4.79 Å². The lowest BCUT2D eigenvalue weighted by Gasteiger charge is -2.25. The molecular weight excluding hydrogens is 278 g/mol. The van der Waals surface area contributed by atoms with Crippen molar-refractivity contribution >= 4 is 5.91 Å². The Balaban J connectivity index is 1.86. The van der Waals surface area contributed by atoms with Crippen molar-refractivity contribution in [3.05, 3.63) is 29.8 Å². The summed E-state index contributed by atoms with van der Waals surface area (Å²) in [6.45, 7) is -2.55. The summed E-state index contributed by atoms with van der Waals surface area (Å²) in [6.07, 6.45) is 3.50. The molecule has 1 aliphatic rings. The summed E-state index contributed by atoms with van der Waals surface area (Å²) < 4.78 is 28.6. The molecular formula is C15H20F2N2O2. The Labute approximate surface area is 122 Å². The van der Waals surface area contributed by atoms with E-state index in [-0.39, 0.29) is 23.6 Å². The maximum Gasteiger partial charge on any atom is 0.387 e. The van der Waals surface area contributed by atoms with Gasteiger partial charge in [-0.15, -0.1) is 0 Å². The number of carbonyl (C=O) groups is 1. The van der Waals surface area contributed by atoms with Gasteiger partial charge in [0.1, 0.15) is 5.75 Å². The van der Waals surface area contributed by atoms with E-state index < -0.39 is 6.61 Å². The molecule has 4 nitrogen and oxygen atoms in total. The molecule has 2 unspecified atom stereocenters. The molecule has 1 aromatic carbocycles. The second-order valence-corrected chi connectivity index (χ2v) is 5.37. The smallest absolute Gasteiger partial charge is 0.387 e. The molecule has 3 N–H and O–H groups in total. The molecule has 1 amide bonds. The van der Waals surface area contributed by atoms with E-state index >= 15 is 0 Å². The van der Waals surface area contributed by atoms with Gasteiger partial charge in [-0.1, -0.05) is 18.6 Å². The Bertz CT molecular complexity index is 482. The summed E-state index contributed by atoms with van der Waals surface area (Å²) in [4.78, 5) is 12.1. The van der Waals surface area contributed by atoms with E-state index in [0.717, 1.165) is 24.8 Å². The third kappa shape index (κ3) is 4.97. The zero-order valence-corrected chi connectivity index (χ0v) is 11.7. The molecule has 0 aromatic heterocycles. The Hall–Kier alpha value is -1.69. The van der Waals surface area contributed by atoms with Crippen LogP contribution in [0, 0.1) is 5.92 Å². The molecule has 1 aromatic rings. The zero-order chi connectivity index (χ0) is 15.2. The summed E-state index contributed by atoms with van der Waals surface area (Å²) >= 11 is 0. The van der Waals surface area contributed by atoms with Crippen molar-refractivity contribution < 1.29 is 18.3 Å². The third-order valence-corrected chi connectivity index (χ3v) is 3.68. The molecule has 1 aliphatic carbocycles. The van der Waals surface area contributed by atoms with Gasteiger partial charge in [-0.2, -0.15) is 8.78 Å². The van der Waals surface area contributed by atoms with Crippen LogP contribution in [0.2, 0.25) is 0 Å². The van der Waals surface area contributed by atoms with E-state index in [0.29, 0.717) is 13.0 Å². The Morgan fingerprint density at radius 3 is 2.95 bits per heavy atom. The number of rotatable bonds is 5. The van der Waals surface area contributed by atoms with Crippen LogP contribution in [0.4, 0.5) is 8.78 Å². The van der Waals surface area contributed by atoms with Crippen LogP contribution in [0.1, 0.15) is 31.2 Å². The lowest BCUT2D eigenvalue weighted by atomic mass is 9.85. The predicted molar refractivity (Wildman–Crippen MR) is 74.9 cm³/mol. The number of amides is 1. The number of alkyl halides is 2. The van der Waals surface area contributed by atoms with Crippen molar-refractivity contribution in [3.8, 4) is 5.75 Å². The highest BCUT2D eigenvalue weighted by atomic mass is 19.3. The number of carbonyl (C=O) groups excluding carboxylic acids is 1. The van der Waals surface area contributed by atoms with Crippen LogP contribution in [0.3, 0.4) is 0 Å². The fraction of sp³-hybridized carbons (Fsp3) is 0.533. The highest BCUT2D eigenvalue weighted by Gasteiger charge is 2.24. The number of benzene rings is 1. The minimum Gasteiger partial charge on any atom is -0.435 e. The van der Waals surface area contributed by atoms with Gasteiger partial charge in [0.2, 0.25) is 5.91 Å². The van der Waals surface area contributed by atoms with Gasteiger partial charge in [0.25, 0.3) is 0 Å². The largest absolute Gasteiger partial charge is 0.435 e. The fourth-order valence-corrected chi connectivity index (χ4v) is 2.63. The summed E-state index contributed by atoms with van der Waals surface area (Å²) in [5.41, 5.74) is 6.59. The topological polar surface area (TPSA) is 64.4 Å². The fourth-order valence-electron chi connectivity index (χ4n) is 2.63. The second kappa shape index (κ2) is 7.36. The molecule has 1 saturated carbocycles. The lowest BCUT2D eigenvalue weighted by Crippen LogP contribution is -2.37. The Morgan fingerprint density at radius 2 is 2.24 bits per heavy atom. The number of nitrogens with two attached hydrogens (primary N) is 1. The first-order valence-electron chi connectivity index (χ1n) is 7.11. The van der Waals surface area contributed by atoms with Gasteiger partial charge < -0.3 is 15.8 Å². The molecule has 0 saturated heterocycles. The zero-order valence-electron chi connectivity index (χ0n) is 11.7. The summed E-state index contributed by atoms with van der Waals surface area (Å²) in [6, 6.07) is 6.43. The first-order valence-corrected chi connectivity index (χ1v) is 7.11.